The van der Waals surface area contributed by atoms with Gasteiger partial charge in [0.1, 0.15) is 24.4 Å². The second-order valence-corrected chi connectivity index (χ2v) is 8.63. The summed E-state index contributed by atoms with van der Waals surface area (Å²) >= 11 is 0. The van der Waals surface area contributed by atoms with E-state index in [2.05, 4.69) is 0 Å². The molecule has 32 heavy (non-hydrogen) atoms. The number of likely N-dealkylation sites (tertiary alicyclic amines) is 1. The molecule has 1 aromatic rings. The van der Waals surface area contributed by atoms with Crippen molar-refractivity contribution in [2.75, 3.05) is 0 Å². The minimum absolute atomic E-state index is 0.0160. The lowest BCUT2D eigenvalue weighted by Gasteiger charge is -2.29. The molecule has 10 heteroatoms. The number of carbonyl (C=O) groups excluding carboxylic acids is 5. The first-order valence-electron chi connectivity index (χ1n) is 10.3. The fourth-order valence-electron chi connectivity index (χ4n) is 3.56. The van der Waals surface area contributed by atoms with Crippen molar-refractivity contribution in [1.82, 2.24) is 9.80 Å². The van der Waals surface area contributed by atoms with Gasteiger partial charge in [-0.2, -0.15) is 4.90 Å². The Morgan fingerprint density at radius 1 is 1.09 bits per heavy atom. The highest BCUT2D eigenvalue weighted by Gasteiger charge is 2.54. The summed E-state index contributed by atoms with van der Waals surface area (Å²) in [6, 6.07) is 6.37. The van der Waals surface area contributed by atoms with Crippen LogP contribution in [0.5, 0.6) is 0 Å². The van der Waals surface area contributed by atoms with Crippen molar-refractivity contribution in [3.05, 3.63) is 35.9 Å². The zero-order valence-electron chi connectivity index (χ0n) is 18.4. The first kappa shape index (κ1) is 23.2. The van der Waals surface area contributed by atoms with Gasteiger partial charge in [0.05, 0.1) is 0 Å². The summed E-state index contributed by atoms with van der Waals surface area (Å²) in [4.78, 5) is 64.6. The number of imide groups is 2. The van der Waals surface area contributed by atoms with Gasteiger partial charge < -0.3 is 14.2 Å². The van der Waals surface area contributed by atoms with Gasteiger partial charge in [0, 0.05) is 6.42 Å². The summed E-state index contributed by atoms with van der Waals surface area (Å²) < 4.78 is 15.6. The minimum Gasteiger partial charge on any atom is -0.459 e. The van der Waals surface area contributed by atoms with Crippen LogP contribution in [-0.4, -0.2) is 63.6 Å². The van der Waals surface area contributed by atoms with E-state index in [1.54, 1.807) is 45.0 Å². The van der Waals surface area contributed by atoms with Gasteiger partial charge in [-0.15, -0.1) is 0 Å². The summed E-state index contributed by atoms with van der Waals surface area (Å²) in [7, 11) is 0. The van der Waals surface area contributed by atoms with E-state index in [0.29, 0.717) is 4.90 Å². The number of benzene rings is 1. The highest BCUT2D eigenvalue weighted by atomic mass is 16.6. The number of cyclic esters (lactones) is 1. The van der Waals surface area contributed by atoms with Crippen LogP contribution in [-0.2, 0) is 35.2 Å². The summed E-state index contributed by atoms with van der Waals surface area (Å²) in [5.74, 6) is -2.22. The van der Waals surface area contributed by atoms with E-state index in [4.69, 9.17) is 14.2 Å². The van der Waals surface area contributed by atoms with Gasteiger partial charge in [-0.05, 0) is 39.7 Å². The molecule has 2 saturated heterocycles. The predicted molar refractivity (Wildman–Crippen MR) is 109 cm³/mol. The molecule has 0 unspecified atom stereocenters. The Balaban J connectivity index is 1.78. The molecule has 4 amide bonds. The Labute approximate surface area is 185 Å². The summed E-state index contributed by atoms with van der Waals surface area (Å²) in [5.41, 5.74) is -0.174. The fourth-order valence-corrected chi connectivity index (χ4v) is 3.56. The Morgan fingerprint density at radius 3 is 2.38 bits per heavy atom. The third kappa shape index (κ3) is 4.90. The van der Waals surface area contributed by atoms with Crippen molar-refractivity contribution in [1.29, 1.82) is 0 Å². The first-order valence-corrected chi connectivity index (χ1v) is 10.3. The number of rotatable bonds is 4. The highest BCUT2D eigenvalue weighted by Crippen LogP contribution is 2.28. The minimum atomic E-state index is -1.44. The smallest absolute Gasteiger partial charge is 0.420 e. The van der Waals surface area contributed by atoms with Gasteiger partial charge in [-0.1, -0.05) is 30.3 Å². The Bertz CT molecular complexity index is 924. The molecular formula is C22H26N2O8. The monoisotopic (exact) mass is 446 g/mol. The molecule has 0 N–H and O–H groups in total. The molecule has 0 aliphatic carbocycles. The molecule has 0 radical (unpaired) electrons. The zero-order valence-corrected chi connectivity index (χ0v) is 18.4. The number of ether oxygens (including phenoxy) is 3. The molecule has 10 nitrogen and oxygen atoms in total. The molecular weight excluding hydrogens is 420 g/mol. The molecule has 2 aliphatic rings. The predicted octanol–water partition coefficient (Wildman–Crippen LogP) is 2.39. The maximum Gasteiger partial charge on any atom is 0.420 e. The quantitative estimate of drug-likeness (QED) is 0.393. The normalized spacial score (nSPS) is 23.2. The van der Waals surface area contributed by atoms with Gasteiger partial charge >= 0.3 is 18.2 Å². The lowest BCUT2D eigenvalue weighted by Crippen LogP contribution is -2.56. The number of amides is 4. The van der Waals surface area contributed by atoms with Crippen LogP contribution in [0.25, 0.3) is 0 Å². The number of hydrogen-bond donors (Lipinski definition) is 0. The van der Waals surface area contributed by atoms with E-state index in [-0.39, 0.29) is 19.4 Å². The van der Waals surface area contributed by atoms with Gasteiger partial charge in [0.25, 0.3) is 5.91 Å². The molecule has 0 saturated carbocycles. The second-order valence-electron chi connectivity index (χ2n) is 8.63. The Morgan fingerprint density at radius 2 is 1.75 bits per heavy atom. The summed E-state index contributed by atoms with van der Waals surface area (Å²) in [6.07, 6.45) is -3.11. The molecule has 2 fully saturated rings. The molecule has 0 spiro atoms. The molecule has 2 aliphatic heterocycles. The SMILES string of the molecule is C[C@@H]1OC(=O)N(C(=O)OC(C)(C)C)[C@H]1C(=O)N1C(=O)CC[C@H]1C(=O)OCc1ccccc1. The van der Waals surface area contributed by atoms with Crippen LogP contribution in [0.15, 0.2) is 30.3 Å². The summed E-state index contributed by atoms with van der Waals surface area (Å²) in [5, 5.41) is 0. The van der Waals surface area contributed by atoms with Crippen LogP contribution >= 0.6 is 0 Å². The number of esters is 1. The average molecular weight is 446 g/mol. The maximum absolute atomic E-state index is 13.3. The molecule has 3 atom stereocenters. The van der Waals surface area contributed by atoms with Crippen molar-refractivity contribution in [2.24, 2.45) is 0 Å². The van der Waals surface area contributed by atoms with E-state index in [0.717, 1.165) is 10.5 Å². The van der Waals surface area contributed by atoms with E-state index in [1.165, 1.54) is 6.92 Å². The molecule has 2 heterocycles. The standard InChI is InChI=1S/C22H26N2O8/c1-13-17(24(20(28)31-13)21(29)32-22(2,3)4)18(26)23-15(10-11-16(23)25)19(27)30-12-14-8-6-5-7-9-14/h5-9,13,15,17H,10-12H2,1-4H3/t13-,15-,17+/m0/s1. The molecule has 0 bridgehead atoms. The van der Waals surface area contributed by atoms with E-state index in [9.17, 15) is 24.0 Å². The van der Waals surface area contributed by atoms with E-state index < -0.39 is 53.8 Å². The second kappa shape index (κ2) is 8.97. The van der Waals surface area contributed by atoms with Crippen LogP contribution in [0.3, 0.4) is 0 Å². The zero-order chi connectivity index (χ0) is 23.6. The van der Waals surface area contributed by atoms with Gasteiger partial charge in [-0.3, -0.25) is 14.5 Å². The van der Waals surface area contributed by atoms with Crippen molar-refractivity contribution in [3.8, 4) is 0 Å². The molecule has 1 aromatic carbocycles. The van der Waals surface area contributed by atoms with Crippen LogP contribution in [0.2, 0.25) is 0 Å². The highest BCUT2D eigenvalue weighted by molar-refractivity contribution is 6.07. The molecule has 3 rings (SSSR count). The topological polar surface area (TPSA) is 120 Å². The first-order chi connectivity index (χ1) is 15.0. The van der Waals surface area contributed by atoms with Crippen LogP contribution in [0, 0.1) is 0 Å². The van der Waals surface area contributed by atoms with Gasteiger partial charge in [-0.25, -0.2) is 14.4 Å². The molecule has 0 aromatic heterocycles. The molecule has 172 valence electrons. The van der Waals surface area contributed by atoms with Gasteiger partial charge in [0.15, 0.2) is 6.04 Å². The number of hydrogen-bond acceptors (Lipinski definition) is 8. The van der Waals surface area contributed by atoms with E-state index in [1.807, 2.05) is 6.07 Å². The van der Waals surface area contributed by atoms with Crippen molar-refractivity contribution in [2.45, 2.75) is 70.9 Å². The van der Waals surface area contributed by atoms with Crippen LogP contribution in [0.4, 0.5) is 9.59 Å². The van der Waals surface area contributed by atoms with Crippen LogP contribution in [0.1, 0.15) is 46.1 Å². The lowest BCUT2D eigenvalue weighted by atomic mass is 10.1. The third-order valence-corrected chi connectivity index (χ3v) is 4.99. The number of carbonyl (C=O) groups is 5. The van der Waals surface area contributed by atoms with Gasteiger partial charge in [0.2, 0.25) is 5.91 Å². The largest absolute Gasteiger partial charge is 0.459 e. The third-order valence-electron chi connectivity index (χ3n) is 4.99. The Kier molecular flexibility index (Phi) is 6.52. The summed E-state index contributed by atoms with van der Waals surface area (Å²) in [6.45, 7) is 6.23. The Hall–Kier alpha value is -3.43. The van der Waals surface area contributed by atoms with Crippen molar-refractivity contribution < 1.29 is 38.2 Å². The average Bonchev–Trinajstić information content (AvgIpc) is 3.24. The van der Waals surface area contributed by atoms with Crippen molar-refractivity contribution >= 4 is 30.0 Å². The van der Waals surface area contributed by atoms with Crippen LogP contribution < -0.4 is 0 Å². The lowest BCUT2D eigenvalue weighted by molar-refractivity contribution is -0.160. The van der Waals surface area contributed by atoms with Crippen molar-refractivity contribution in [3.63, 3.8) is 0 Å². The fraction of sp³-hybridized carbons (Fsp3) is 0.500. The number of nitrogens with zero attached hydrogens (tertiary/aromatic N) is 2. The van der Waals surface area contributed by atoms with E-state index >= 15 is 0 Å². The maximum atomic E-state index is 13.3.